The van der Waals surface area contributed by atoms with Crippen molar-refractivity contribution in [1.82, 2.24) is 20.4 Å². The number of nitrogens with zero attached hydrogens (tertiary/aromatic N) is 3. The van der Waals surface area contributed by atoms with Gasteiger partial charge in [-0.3, -0.25) is 9.89 Å². The molecule has 1 unspecified atom stereocenters. The van der Waals surface area contributed by atoms with Crippen LogP contribution in [0, 0.1) is 0 Å². The SMILES string of the molecule is CCN(CC)CCCC(C)NC(=NC)NCCCN(C(C)C)C(C)C. The van der Waals surface area contributed by atoms with Crippen molar-refractivity contribution in [1.29, 1.82) is 0 Å². The van der Waals surface area contributed by atoms with E-state index in [0.29, 0.717) is 18.1 Å². The van der Waals surface area contributed by atoms with Gasteiger partial charge in [-0.15, -0.1) is 0 Å². The molecular formula is C20H45N5. The molecule has 0 fully saturated rings. The Kier molecular flexibility index (Phi) is 13.9. The van der Waals surface area contributed by atoms with E-state index in [-0.39, 0.29) is 0 Å². The Balaban J connectivity index is 4.02. The zero-order valence-electron chi connectivity index (χ0n) is 18.2. The maximum absolute atomic E-state index is 4.36. The van der Waals surface area contributed by atoms with Gasteiger partial charge in [0.15, 0.2) is 5.96 Å². The topological polar surface area (TPSA) is 42.9 Å². The molecule has 0 aromatic heterocycles. The highest BCUT2D eigenvalue weighted by molar-refractivity contribution is 5.79. The second-order valence-corrected chi connectivity index (χ2v) is 7.49. The van der Waals surface area contributed by atoms with E-state index in [2.05, 4.69) is 73.9 Å². The molecule has 0 aliphatic heterocycles. The van der Waals surface area contributed by atoms with E-state index >= 15 is 0 Å². The van der Waals surface area contributed by atoms with Crippen molar-refractivity contribution in [3.8, 4) is 0 Å². The van der Waals surface area contributed by atoms with Gasteiger partial charge >= 0.3 is 0 Å². The lowest BCUT2D eigenvalue weighted by atomic mass is 10.2. The fraction of sp³-hybridized carbons (Fsp3) is 0.950. The van der Waals surface area contributed by atoms with Crippen LogP contribution in [-0.4, -0.2) is 73.7 Å². The summed E-state index contributed by atoms with van der Waals surface area (Å²) in [6, 6.07) is 1.65. The molecular weight excluding hydrogens is 310 g/mol. The molecule has 25 heavy (non-hydrogen) atoms. The molecule has 0 aromatic carbocycles. The van der Waals surface area contributed by atoms with Crippen LogP contribution in [0.2, 0.25) is 0 Å². The van der Waals surface area contributed by atoms with Crippen LogP contribution in [0.3, 0.4) is 0 Å². The van der Waals surface area contributed by atoms with Crippen molar-refractivity contribution in [2.45, 2.75) is 85.9 Å². The Hall–Kier alpha value is -0.810. The van der Waals surface area contributed by atoms with E-state index in [1.165, 1.54) is 19.4 Å². The lowest BCUT2D eigenvalue weighted by Crippen LogP contribution is -2.44. The van der Waals surface area contributed by atoms with E-state index in [0.717, 1.165) is 38.6 Å². The Morgan fingerprint density at radius 2 is 1.52 bits per heavy atom. The van der Waals surface area contributed by atoms with Crippen LogP contribution in [0.4, 0.5) is 0 Å². The van der Waals surface area contributed by atoms with Gasteiger partial charge in [0.25, 0.3) is 0 Å². The second kappa shape index (κ2) is 14.4. The average molecular weight is 356 g/mol. The predicted octanol–water partition coefficient (Wildman–Crippen LogP) is 3.17. The molecule has 1 atom stereocenters. The number of nitrogens with one attached hydrogen (secondary N) is 2. The summed E-state index contributed by atoms with van der Waals surface area (Å²) in [7, 11) is 1.85. The highest BCUT2D eigenvalue weighted by Crippen LogP contribution is 2.05. The van der Waals surface area contributed by atoms with E-state index in [4.69, 9.17) is 0 Å². The van der Waals surface area contributed by atoms with Crippen LogP contribution >= 0.6 is 0 Å². The van der Waals surface area contributed by atoms with Crippen molar-refractivity contribution in [3.05, 3.63) is 0 Å². The fourth-order valence-corrected chi connectivity index (χ4v) is 3.24. The molecule has 0 saturated heterocycles. The van der Waals surface area contributed by atoms with Crippen LogP contribution in [0.25, 0.3) is 0 Å². The van der Waals surface area contributed by atoms with Gasteiger partial charge in [0.05, 0.1) is 0 Å². The summed E-state index contributed by atoms with van der Waals surface area (Å²) in [4.78, 5) is 9.38. The van der Waals surface area contributed by atoms with Crippen molar-refractivity contribution >= 4 is 5.96 Å². The molecule has 0 aromatic rings. The van der Waals surface area contributed by atoms with Gasteiger partial charge in [0, 0.05) is 38.3 Å². The van der Waals surface area contributed by atoms with Gasteiger partial charge in [-0.25, -0.2) is 0 Å². The van der Waals surface area contributed by atoms with Gasteiger partial charge < -0.3 is 15.5 Å². The molecule has 0 rings (SSSR count). The van der Waals surface area contributed by atoms with Gasteiger partial charge in [-0.05, 0) is 73.5 Å². The average Bonchev–Trinajstić information content (AvgIpc) is 2.56. The number of guanidine groups is 1. The molecule has 0 bridgehead atoms. The normalized spacial score (nSPS) is 14.0. The third-order valence-electron chi connectivity index (χ3n) is 4.82. The molecule has 0 spiro atoms. The lowest BCUT2D eigenvalue weighted by Gasteiger charge is -2.30. The first kappa shape index (κ1) is 24.2. The van der Waals surface area contributed by atoms with Crippen LogP contribution in [0.5, 0.6) is 0 Å². The summed E-state index contributed by atoms with van der Waals surface area (Å²) in [5.74, 6) is 0.927. The fourth-order valence-electron chi connectivity index (χ4n) is 3.24. The summed E-state index contributed by atoms with van der Waals surface area (Å²) >= 11 is 0. The lowest BCUT2D eigenvalue weighted by molar-refractivity contribution is 0.173. The van der Waals surface area contributed by atoms with Crippen molar-refractivity contribution in [2.75, 3.05) is 39.8 Å². The van der Waals surface area contributed by atoms with Gasteiger partial charge in [-0.2, -0.15) is 0 Å². The third-order valence-corrected chi connectivity index (χ3v) is 4.82. The second-order valence-electron chi connectivity index (χ2n) is 7.49. The quantitative estimate of drug-likeness (QED) is 0.302. The Bertz CT molecular complexity index is 329. The van der Waals surface area contributed by atoms with Gasteiger partial charge in [0.2, 0.25) is 0 Å². The minimum Gasteiger partial charge on any atom is -0.356 e. The van der Waals surface area contributed by atoms with Crippen LogP contribution < -0.4 is 10.6 Å². The third kappa shape index (κ3) is 11.4. The molecule has 0 heterocycles. The molecule has 0 aliphatic carbocycles. The number of hydrogen-bond donors (Lipinski definition) is 2. The molecule has 0 radical (unpaired) electrons. The minimum atomic E-state index is 0.449. The minimum absolute atomic E-state index is 0.449. The highest BCUT2D eigenvalue weighted by Gasteiger charge is 2.12. The van der Waals surface area contributed by atoms with Crippen LogP contribution in [0.1, 0.15) is 67.7 Å². The van der Waals surface area contributed by atoms with E-state index in [9.17, 15) is 0 Å². The van der Waals surface area contributed by atoms with Gasteiger partial charge in [0.1, 0.15) is 0 Å². The maximum atomic E-state index is 4.36. The smallest absolute Gasteiger partial charge is 0.191 e. The van der Waals surface area contributed by atoms with Crippen molar-refractivity contribution in [3.63, 3.8) is 0 Å². The molecule has 0 aliphatic rings. The summed E-state index contributed by atoms with van der Waals surface area (Å²) in [5, 5.41) is 6.97. The molecule has 150 valence electrons. The summed E-state index contributed by atoms with van der Waals surface area (Å²) < 4.78 is 0. The first-order chi connectivity index (χ1) is 11.8. The number of hydrogen-bond acceptors (Lipinski definition) is 3. The van der Waals surface area contributed by atoms with Crippen LogP contribution in [0.15, 0.2) is 4.99 Å². The van der Waals surface area contributed by atoms with Gasteiger partial charge in [-0.1, -0.05) is 13.8 Å². The number of aliphatic imine (C=N–C) groups is 1. The Morgan fingerprint density at radius 3 is 2.00 bits per heavy atom. The summed E-state index contributed by atoms with van der Waals surface area (Å²) in [6.07, 6.45) is 3.53. The van der Waals surface area contributed by atoms with E-state index < -0.39 is 0 Å². The Labute approximate surface area is 157 Å². The first-order valence-electron chi connectivity index (χ1n) is 10.3. The van der Waals surface area contributed by atoms with E-state index in [1.54, 1.807) is 0 Å². The molecule has 2 N–H and O–H groups in total. The molecule has 5 nitrogen and oxygen atoms in total. The molecule has 0 amide bonds. The van der Waals surface area contributed by atoms with E-state index in [1.807, 2.05) is 7.05 Å². The zero-order valence-corrected chi connectivity index (χ0v) is 18.2. The highest BCUT2D eigenvalue weighted by atomic mass is 15.2. The largest absolute Gasteiger partial charge is 0.356 e. The Morgan fingerprint density at radius 1 is 0.920 bits per heavy atom. The monoisotopic (exact) mass is 355 g/mol. The first-order valence-corrected chi connectivity index (χ1v) is 10.3. The summed E-state index contributed by atoms with van der Waals surface area (Å²) in [6.45, 7) is 21.4. The number of rotatable bonds is 13. The van der Waals surface area contributed by atoms with Crippen molar-refractivity contribution in [2.24, 2.45) is 4.99 Å². The van der Waals surface area contributed by atoms with Crippen molar-refractivity contribution < 1.29 is 0 Å². The summed E-state index contributed by atoms with van der Waals surface area (Å²) in [5.41, 5.74) is 0. The standard InChI is InChI=1S/C20H45N5/c1-9-24(10-2)15-11-13-19(7)23-20(21-8)22-14-12-16-25(17(3)4)18(5)6/h17-19H,9-16H2,1-8H3,(H2,21,22,23). The predicted molar refractivity (Wildman–Crippen MR) is 113 cm³/mol. The van der Waals surface area contributed by atoms with Crippen LogP contribution in [-0.2, 0) is 0 Å². The zero-order chi connectivity index (χ0) is 19.2. The molecule has 0 saturated carbocycles. The molecule has 5 heteroatoms. The maximum Gasteiger partial charge on any atom is 0.191 e.